The molecule has 0 aliphatic carbocycles. The molecule has 11 heteroatoms. The predicted octanol–water partition coefficient (Wildman–Crippen LogP) is 5.05. The molecule has 1 aliphatic heterocycles. The van der Waals surface area contributed by atoms with Gasteiger partial charge in [0.1, 0.15) is 18.0 Å². The van der Waals surface area contributed by atoms with Gasteiger partial charge in [0.25, 0.3) is 0 Å². The van der Waals surface area contributed by atoms with E-state index in [9.17, 15) is 27.2 Å². The molecule has 2 amide bonds. The number of nitrogens with zero attached hydrogens (tertiary/aromatic N) is 4. The molecule has 0 unspecified atom stereocenters. The van der Waals surface area contributed by atoms with Crippen LogP contribution in [0.3, 0.4) is 0 Å². The highest BCUT2D eigenvalue weighted by molar-refractivity contribution is 5.84. The average molecular weight is 507 g/mol. The van der Waals surface area contributed by atoms with Gasteiger partial charge >= 0.3 is 12.3 Å². The highest BCUT2D eigenvalue weighted by Crippen LogP contribution is 2.33. The molecule has 7 nitrogen and oxygen atoms in total. The second-order valence-corrected chi connectivity index (χ2v) is 9.85. The molecule has 0 saturated carbocycles. The van der Waals surface area contributed by atoms with E-state index in [0.29, 0.717) is 11.6 Å². The molecule has 0 radical (unpaired) electrons. The quantitative estimate of drug-likeness (QED) is 0.467. The Morgan fingerprint density at radius 2 is 1.86 bits per heavy atom. The van der Waals surface area contributed by atoms with Crippen molar-refractivity contribution in [2.24, 2.45) is 7.05 Å². The maximum atomic E-state index is 14.0. The first-order chi connectivity index (χ1) is 16.7. The number of fused-ring (bicyclic) bond motifs is 1. The number of hydrogen-bond acceptors (Lipinski definition) is 4. The van der Waals surface area contributed by atoms with Crippen LogP contribution in [-0.4, -0.2) is 50.0 Å². The Morgan fingerprint density at radius 1 is 1.14 bits per heavy atom. The highest BCUT2D eigenvalue weighted by atomic mass is 19.4. The third-order valence-corrected chi connectivity index (χ3v) is 5.85. The first kappa shape index (κ1) is 25.5. The van der Waals surface area contributed by atoms with Crippen molar-refractivity contribution in [2.45, 2.75) is 45.1 Å². The van der Waals surface area contributed by atoms with Gasteiger partial charge in [-0.1, -0.05) is 6.07 Å². The molecule has 3 aromatic rings. The molecule has 1 aliphatic rings. The average Bonchev–Trinajstić information content (AvgIpc) is 3.13. The minimum atomic E-state index is -4.72. The van der Waals surface area contributed by atoms with Gasteiger partial charge in [-0.15, -0.1) is 0 Å². The summed E-state index contributed by atoms with van der Waals surface area (Å²) in [6.07, 6.45) is -3.76. The Labute approximate surface area is 205 Å². The number of hydrogen-bond donors (Lipinski definition) is 0. The number of halogens is 4. The van der Waals surface area contributed by atoms with E-state index in [1.54, 1.807) is 39.2 Å². The monoisotopic (exact) mass is 506 g/mol. The number of aromatic nitrogens is 2. The van der Waals surface area contributed by atoms with Gasteiger partial charge in [-0.05, 0) is 62.2 Å². The first-order valence-electron chi connectivity index (χ1n) is 11.3. The van der Waals surface area contributed by atoms with E-state index in [1.807, 2.05) is 17.7 Å². The number of carbonyl (C=O) groups is 2. The van der Waals surface area contributed by atoms with E-state index in [2.05, 4.69) is 4.98 Å². The number of ether oxygens (including phenoxy) is 1. The van der Waals surface area contributed by atoms with Crippen molar-refractivity contribution >= 4 is 23.0 Å². The van der Waals surface area contributed by atoms with E-state index in [4.69, 9.17) is 4.74 Å². The lowest BCUT2D eigenvalue weighted by molar-refractivity contribution is -0.139. The zero-order chi connectivity index (χ0) is 26.4. The molecule has 1 aromatic heterocycles. The summed E-state index contributed by atoms with van der Waals surface area (Å²) >= 11 is 0. The number of benzene rings is 2. The Morgan fingerprint density at radius 3 is 2.53 bits per heavy atom. The van der Waals surface area contributed by atoms with Crippen molar-refractivity contribution in [2.75, 3.05) is 13.1 Å². The standard InChI is InChI=1S/C25H26F4N4O3/c1-24(2,3)36-23(35)33-13-22(34)32(11-15-7-17(25(27,28)29)10-18(26)8-15)12-21(33)16-5-6-19-20(9-16)31(4)14-30-19/h5-10,14,21H,11-13H2,1-4H3/t21-/m0/s1. The molecule has 0 bridgehead atoms. The molecule has 1 atom stereocenters. The van der Waals surface area contributed by atoms with E-state index >= 15 is 0 Å². The molecule has 1 saturated heterocycles. The molecule has 0 spiro atoms. The van der Waals surface area contributed by atoms with Crippen molar-refractivity contribution in [1.29, 1.82) is 0 Å². The smallest absolute Gasteiger partial charge is 0.416 e. The van der Waals surface area contributed by atoms with Crippen molar-refractivity contribution in [3.05, 3.63) is 65.2 Å². The number of aryl methyl sites for hydroxylation is 1. The van der Waals surface area contributed by atoms with Crippen LogP contribution in [0.5, 0.6) is 0 Å². The molecule has 192 valence electrons. The maximum Gasteiger partial charge on any atom is 0.416 e. The maximum absolute atomic E-state index is 14.0. The lowest BCUT2D eigenvalue weighted by Crippen LogP contribution is -2.54. The van der Waals surface area contributed by atoms with Crippen LogP contribution in [-0.2, 0) is 29.3 Å². The summed E-state index contributed by atoms with van der Waals surface area (Å²) in [5, 5.41) is 0. The van der Waals surface area contributed by atoms with Crippen LogP contribution in [0.4, 0.5) is 22.4 Å². The summed E-state index contributed by atoms with van der Waals surface area (Å²) < 4.78 is 60.8. The molecule has 36 heavy (non-hydrogen) atoms. The Balaban J connectivity index is 1.68. The van der Waals surface area contributed by atoms with Gasteiger partial charge < -0.3 is 14.2 Å². The number of imidazole rings is 1. The normalized spacial score (nSPS) is 17.1. The van der Waals surface area contributed by atoms with Crippen LogP contribution in [0.1, 0.15) is 43.5 Å². The first-order valence-corrected chi connectivity index (χ1v) is 11.3. The summed E-state index contributed by atoms with van der Waals surface area (Å²) in [4.78, 5) is 33.0. The number of carbonyl (C=O) groups excluding carboxylic acids is 2. The van der Waals surface area contributed by atoms with Crippen molar-refractivity contribution < 1.29 is 31.9 Å². The van der Waals surface area contributed by atoms with Crippen LogP contribution < -0.4 is 0 Å². The summed E-state index contributed by atoms with van der Waals surface area (Å²) in [7, 11) is 1.82. The summed E-state index contributed by atoms with van der Waals surface area (Å²) in [6.45, 7) is 4.53. The molecular weight excluding hydrogens is 480 g/mol. The van der Waals surface area contributed by atoms with Crippen LogP contribution in [0.15, 0.2) is 42.7 Å². The largest absolute Gasteiger partial charge is 0.444 e. The zero-order valence-corrected chi connectivity index (χ0v) is 20.3. The molecule has 1 fully saturated rings. The van der Waals surface area contributed by atoms with Gasteiger partial charge in [0.2, 0.25) is 5.91 Å². The molecule has 2 heterocycles. The van der Waals surface area contributed by atoms with E-state index in [1.165, 1.54) is 9.80 Å². The summed E-state index contributed by atoms with van der Waals surface area (Å²) in [5.74, 6) is -1.53. The minimum absolute atomic E-state index is 0.00206. The predicted molar refractivity (Wildman–Crippen MR) is 123 cm³/mol. The van der Waals surface area contributed by atoms with Gasteiger partial charge in [-0.3, -0.25) is 9.69 Å². The minimum Gasteiger partial charge on any atom is -0.444 e. The van der Waals surface area contributed by atoms with Gasteiger partial charge in [0.05, 0.1) is 29.0 Å². The molecular formula is C25H26F4N4O3. The second kappa shape index (κ2) is 9.11. The van der Waals surface area contributed by atoms with Crippen LogP contribution in [0.25, 0.3) is 11.0 Å². The fraction of sp³-hybridized carbons (Fsp3) is 0.400. The van der Waals surface area contributed by atoms with Gasteiger partial charge in [0, 0.05) is 20.1 Å². The summed E-state index contributed by atoms with van der Waals surface area (Å²) in [6, 6.07) is 7.00. The topological polar surface area (TPSA) is 67.7 Å². The number of piperazine rings is 1. The van der Waals surface area contributed by atoms with E-state index < -0.39 is 41.2 Å². The van der Waals surface area contributed by atoms with Crippen LogP contribution >= 0.6 is 0 Å². The fourth-order valence-electron chi connectivity index (χ4n) is 4.19. The zero-order valence-electron chi connectivity index (χ0n) is 20.3. The van der Waals surface area contributed by atoms with Crippen molar-refractivity contribution in [1.82, 2.24) is 19.4 Å². The highest BCUT2D eigenvalue weighted by Gasteiger charge is 2.39. The van der Waals surface area contributed by atoms with Gasteiger partial charge in [-0.25, -0.2) is 14.2 Å². The Bertz CT molecular complexity index is 1310. The molecule has 2 aromatic carbocycles. The van der Waals surface area contributed by atoms with E-state index in [-0.39, 0.29) is 25.2 Å². The SMILES string of the molecule is Cn1cnc2ccc([C@@H]3CN(Cc4cc(F)cc(C(F)(F)F)c4)C(=O)CN3C(=O)OC(C)(C)C)cc21. The number of amides is 2. The third-order valence-electron chi connectivity index (χ3n) is 5.85. The second-order valence-electron chi connectivity index (χ2n) is 9.85. The molecule has 4 rings (SSSR count). The van der Waals surface area contributed by atoms with Crippen molar-refractivity contribution in [3.8, 4) is 0 Å². The lowest BCUT2D eigenvalue weighted by Gasteiger charge is -2.41. The number of rotatable bonds is 3. The van der Waals surface area contributed by atoms with Crippen molar-refractivity contribution in [3.63, 3.8) is 0 Å². The fourth-order valence-corrected chi connectivity index (χ4v) is 4.19. The molecule has 0 N–H and O–H groups in total. The number of alkyl halides is 3. The summed E-state index contributed by atoms with van der Waals surface area (Å²) in [5.41, 5.74) is 0.319. The Hall–Kier alpha value is -3.63. The van der Waals surface area contributed by atoms with E-state index in [0.717, 1.165) is 23.2 Å². The Kier molecular flexibility index (Phi) is 6.44. The lowest BCUT2D eigenvalue weighted by atomic mass is 10.0. The third kappa shape index (κ3) is 5.44. The van der Waals surface area contributed by atoms with Gasteiger partial charge in [-0.2, -0.15) is 13.2 Å². The van der Waals surface area contributed by atoms with Gasteiger partial charge in [0.15, 0.2) is 0 Å². The van der Waals surface area contributed by atoms with Crippen LogP contribution in [0.2, 0.25) is 0 Å². The van der Waals surface area contributed by atoms with Crippen LogP contribution in [0, 0.1) is 5.82 Å².